The van der Waals surface area contributed by atoms with Gasteiger partial charge in [0.25, 0.3) is 0 Å². The van der Waals surface area contributed by atoms with Crippen molar-refractivity contribution in [2.24, 2.45) is 0 Å². The Morgan fingerprint density at radius 3 is 1.15 bits per heavy atom. The average molecular weight is 710 g/mol. The summed E-state index contributed by atoms with van der Waals surface area (Å²) in [5.41, 5.74) is 10.0. The van der Waals surface area contributed by atoms with Crippen LogP contribution in [0.25, 0.3) is 89.1 Å². The van der Waals surface area contributed by atoms with Gasteiger partial charge in [-0.15, -0.1) is 0 Å². The van der Waals surface area contributed by atoms with Gasteiger partial charge in [-0.25, -0.2) is 15.0 Å². The Kier molecular flexibility index (Phi) is 8.53. The van der Waals surface area contributed by atoms with Gasteiger partial charge in [0.2, 0.25) is 0 Å². The molecular weight excluding hydrogens is 671 g/mol. The normalized spacial score (nSPS) is 11.6. The number of rotatable bonds is 7. The molecule has 0 atom stereocenters. The molecule has 258 valence electrons. The molecule has 0 aliphatic heterocycles. The molecule has 9 rings (SSSR count). The van der Waals surface area contributed by atoms with E-state index < -0.39 is 8.07 Å². The maximum absolute atomic E-state index is 5.08. The fraction of sp³-hybridized carbons (Fsp3) is 0.0600. The van der Waals surface area contributed by atoms with E-state index in [1.165, 1.54) is 49.0 Å². The van der Waals surface area contributed by atoms with E-state index in [1.54, 1.807) is 0 Å². The predicted molar refractivity (Wildman–Crippen MR) is 230 cm³/mol. The summed E-state index contributed by atoms with van der Waals surface area (Å²) in [6, 6.07) is 64.8. The lowest BCUT2D eigenvalue weighted by Gasteiger charge is -2.18. The number of hydrogen-bond donors (Lipinski definition) is 0. The van der Waals surface area contributed by atoms with E-state index in [1.807, 2.05) is 18.2 Å². The second-order valence-corrected chi connectivity index (χ2v) is 19.9. The van der Waals surface area contributed by atoms with Gasteiger partial charge in [0.1, 0.15) is 0 Å². The van der Waals surface area contributed by atoms with Crippen molar-refractivity contribution in [2.45, 2.75) is 19.6 Å². The molecule has 0 aliphatic carbocycles. The van der Waals surface area contributed by atoms with Gasteiger partial charge in [-0.2, -0.15) is 0 Å². The zero-order chi connectivity index (χ0) is 36.6. The van der Waals surface area contributed by atoms with Crippen LogP contribution in [-0.4, -0.2) is 23.0 Å². The Bertz CT molecular complexity index is 2730. The minimum Gasteiger partial charge on any atom is -0.208 e. The molecule has 54 heavy (non-hydrogen) atoms. The van der Waals surface area contributed by atoms with E-state index in [2.05, 4.69) is 183 Å². The highest BCUT2D eigenvalue weighted by Crippen LogP contribution is 2.44. The lowest BCUT2D eigenvalue weighted by molar-refractivity contribution is 1.07. The van der Waals surface area contributed by atoms with Crippen LogP contribution in [0.2, 0.25) is 19.6 Å². The average Bonchev–Trinajstić information content (AvgIpc) is 3.23. The summed E-state index contributed by atoms with van der Waals surface area (Å²) < 4.78 is 0. The van der Waals surface area contributed by atoms with Gasteiger partial charge in [-0.05, 0) is 67.1 Å². The zero-order valence-corrected chi connectivity index (χ0v) is 31.7. The highest BCUT2D eigenvalue weighted by atomic mass is 28.3. The first-order chi connectivity index (χ1) is 26.4. The first-order valence-electron chi connectivity index (χ1n) is 18.5. The molecule has 0 spiro atoms. The van der Waals surface area contributed by atoms with Gasteiger partial charge >= 0.3 is 0 Å². The van der Waals surface area contributed by atoms with Crippen molar-refractivity contribution in [3.63, 3.8) is 0 Å². The molecule has 0 radical (unpaired) electrons. The molecule has 3 nitrogen and oxygen atoms in total. The molecular formula is C50H39N3Si. The summed E-state index contributed by atoms with van der Waals surface area (Å²) in [4.78, 5) is 15.1. The van der Waals surface area contributed by atoms with Crippen LogP contribution < -0.4 is 5.19 Å². The van der Waals surface area contributed by atoms with Crippen molar-refractivity contribution < 1.29 is 0 Å². The lowest BCUT2D eigenvalue weighted by atomic mass is 9.85. The van der Waals surface area contributed by atoms with Gasteiger partial charge in [0.05, 0.1) is 8.07 Å². The SMILES string of the molecule is C[Si](C)(C)c1ccc(-c2nc(-c3ccccc3)nc(-c3cccc(-c4cccc(-c5c6ccccc6c(-c6ccccc6)c6ccccc56)c4)c3)n2)cc1. The van der Waals surface area contributed by atoms with Crippen LogP contribution in [0.3, 0.4) is 0 Å². The second-order valence-electron chi connectivity index (χ2n) is 14.9. The van der Waals surface area contributed by atoms with Gasteiger partial charge in [-0.3, -0.25) is 0 Å². The Morgan fingerprint density at radius 2 is 0.648 bits per heavy atom. The highest BCUT2D eigenvalue weighted by molar-refractivity contribution is 6.88. The largest absolute Gasteiger partial charge is 0.208 e. The minimum atomic E-state index is -1.45. The fourth-order valence-electron chi connectivity index (χ4n) is 7.52. The fourth-order valence-corrected chi connectivity index (χ4v) is 8.68. The Balaban J connectivity index is 1.17. The van der Waals surface area contributed by atoms with Crippen LogP contribution in [0.15, 0.2) is 182 Å². The van der Waals surface area contributed by atoms with Crippen LogP contribution in [0.1, 0.15) is 0 Å². The Morgan fingerprint density at radius 1 is 0.296 bits per heavy atom. The standard InChI is InChI=1S/C50H39N3Si/c1-54(2,3)41-30-28-36(29-31-41)49-51-48(35-18-8-5-9-19-35)52-50(53-49)40-23-15-21-38(33-40)37-20-14-22-39(32-37)47-44-26-12-10-24-42(44)46(34-16-6-4-7-17-34)43-25-11-13-27-45(43)47/h4-33H,1-3H3. The summed E-state index contributed by atoms with van der Waals surface area (Å²) in [5.74, 6) is 1.99. The van der Waals surface area contributed by atoms with Crippen molar-refractivity contribution in [1.29, 1.82) is 0 Å². The maximum Gasteiger partial charge on any atom is 0.164 e. The quantitative estimate of drug-likeness (QED) is 0.122. The molecule has 0 N–H and O–H groups in total. The molecule has 4 heteroatoms. The predicted octanol–water partition coefficient (Wildman–Crippen LogP) is 12.7. The van der Waals surface area contributed by atoms with Gasteiger partial charge < -0.3 is 0 Å². The first-order valence-corrected chi connectivity index (χ1v) is 22.0. The van der Waals surface area contributed by atoms with Gasteiger partial charge in [-0.1, -0.05) is 195 Å². The van der Waals surface area contributed by atoms with E-state index >= 15 is 0 Å². The molecule has 0 fully saturated rings. The second kappa shape index (κ2) is 13.8. The van der Waals surface area contributed by atoms with Crippen molar-refractivity contribution in [2.75, 3.05) is 0 Å². The molecule has 0 aliphatic rings. The molecule has 1 aromatic heterocycles. The summed E-state index contributed by atoms with van der Waals surface area (Å²) in [6.07, 6.45) is 0. The van der Waals surface area contributed by atoms with Crippen LogP contribution in [0, 0.1) is 0 Å². The van der Waals surface area contributed by atoms with Gasteiger partial charge in [0, 0.05) is 16.7 Å². The van der Waals surface area contributed by atoms with E-state index in [0.717, 1.165) is 27.8 Å². The number of nitrogens with zero attached hydrogens (tertiary/aromatic N) is 3. The molecule has 0 unspecified atom stereocenters. The summed E-state index contributed by atoms with van der Waals surface area (Å²) in [6.45, 7) is 7.10. The summed E-state index contributed by atoms with van der Waals surface area (Å²) in [5, 5.41) is 6.39. The summed E-state index contributed by atoms with van der Waals surface area (Å²) >= 11 is 0. The molecule has 8 aromatic carbocycles. The Hall–Kier alpha value is -6.49. The van der Waals surface area contributed by atoms with E-state index in [0.29, 0.717) is 17.5 Å². The zero-order valence-electron chi connectivity index (χ0n) is 30.7. The molecule has 0 saturated heterocycles. The third-order valence-corrected chi connectivity index (χ3v) is 12.3. The molecule has 1 heterocycles. The maximum atomic E-state index is 5.08. The number of benzene rings is 8. The van der Waals surface area contributed by atoms with Gasteiger partial charge in [0.15, 0.2) is 17.5 Å². The monoisotopic (exact) mass is 709 g/mol. The highest BCUT2D eigenvalue weighted by Gasteiger charge is 2.19. The van der Waals surface area contributed by atoms with Crippen LogP contribution in [0.4, 0.5) is 0 Å². The summed E-state index contributed by atoms with van der Waals surface area (Å²) in [7, 11) is -1.45. The van der Waals surface area contributed by atoms with Crippen molar-refractivity contribution in [3.05, 3.63) is 182 Å². The number of aromatic nitrogens is 3. The third kappa shape index (κ3) is 6.31. The smallest absolute Gasteiger partial charge is 0.164 e. The van der Waals surface area contributed by atoms with E-state index in [-0.39, 0.29) is 0 Å². The molecule has 0 amide bonds. The van der Waals surface area contributed by atoms with Crippen LogP contribution in [-0.2, 0) is 0 Å². The Labute approximate surface area is 317 Å². The topological polar surface area (TPSA) is 38.7 Å². The first kappa shape index (κ1) is 33.4. The lowest BCUT2D eigenvalue weighted by Crippen LogP contribution is -2.37. The van der Waals surface area contributed by atoms with E-state index in [9.17, 15) is 0 Å². The number of fused-ring (bicyclic) bond motifs is 2. The minimum absolute atomic E-state index is 0.652. The van der Waals surface area contributed by atoms with Crippen molar-refractivity contribution in [3.8, 4) is 67.5 Å². The number of hydrogen-bond acceptors (Lipinski definition) is 3. The van der Waals surface area contributed by atoms with Crippen LogP contribution >= 0.6 is 0 Å². The van der Waals surface area contributed by atoms with Crippen molar-refractivity contribution >= 4 is 34.8 Å². The molecule has 9 aromatic rings. The van der Waals surface area contributed by atoms with Crippen molar-refractivity contribution in [1.82, 2.24) is 15.0 Å². The van der Waals surface area contributed by atoms with Crippen LogP contribution in [0.5, 0.6) is 0 Å². The molecule has 0 bridgehead atoms. The molecule has 0 saturated carbocycles. The van der Waals surface area contributed by atoms with E-state index in [4.69, 9.17) is 15.0 Å². The third-order valence-electron chi connectivity index (χ3n) is 10.3.